The molecule has 0 bridgehead atoms. The van der Waals surface area contributed by atoms with Crippen molar-refractivity contribution in [3.05, 3.63) is 112 Å². The van der Waals surface area contributed by atoms with Crippen LogP contribution in [0, 0.1) is 3.57 Å². The molecular formula is C23H16INO2. The van der Waals surface area contributed by atoms with E-state index < -0.39 is 6.10 Å². The molecule has 0 aliphatic heterocycles. The van der Waals surface area contributed by atoms with Gasteiger partial charge >= 0.3 is 5.97 Å². The molecule has 4 heteroatoms. The predicted molar refractivity (Wildman–Crippen MR) is 115 cm³/mol. The number of aromatic nitrogens is 1. The molecule has 0 radical (unpaired) electrons. The van der Waals surface area contributed by atoms with Gasteiger partial charge in [-0.2, -0.15) is 0 Å². The van der Waals surface area contributed by atoms with Crippen LogP contribution >= 0.6 is 22.6 Å². The Morgan fingerprint density at radius 1 is 0.852 bits per heavy atom. The summed E-state index contributed by atoms with van der Waals surface area (Å²) in [5.74, 6) is -0.366. The molecule has 3 aromatic carbocycles. The second-order valence-corrected chi connectivity index (χ2v) is 7.37. The first-order chi connectivity index (χ1) is 13.2. The molecule has 1 atom stereocenters. The largest absolute Gasteiger partial charge is 0.447 e. The lowest BCUT2D eigenvalue weighted by atomic mass is 10.0. The van der Waals surface area contributed by atoms with Gasteiger partial charge in [-0.1, -0.05) is 54.6 Å². The van der Waals surface area contributed by atoms with E-state index in [2.05, 4.69) is 27.6 Å². The number of nitrogens with zero attached hydrogens (tertiary/aromatic N) is 1. The van der Waals surface area contributed by atoms with Crippen LogP contribution in [-0.4, -0.2) is 11.0 Å². The third-order valence-corrected chi connectivity index (χ3v) is 5.08. The Bertz CT molecular complexity index is 1070. The van der Waals surface area contributed by atoms with E-state index in [1.165, 1.54) is 0 Å². The van der Waals surface area contributed by atoms with Gasteiger partial charge in [0.1, 0.15) is 0 Å². The molecule has 0 aliphatic rings. The fraction of sp³-hybridized carbons (Fsp3) is 0.0435. The first kappa shape index (κ1) is 17.7. The summed E-state index contributed by atoms with van der Waals surface area (Å²) in [6, 6.07) is 27.0. The first-order valence-corrected chi connectivity index (χ1v) is 9.65. The third-order valence-electron chi connectivity index (χ3n) is 4.36. The number of hydrogen-bond donors (Lipinski definition) is 0. The predicted octanol–water partition coefficient (Wildman–Crippen LogP) is 5.79. The molecule has 4 aromatic rings. The maximum atomic E-state index is 12.8. The van der Waals surface area contributed by atoms with Crippen LogP contribution in [0.1, 0.15) is 27.7 Å². The Balaban J connectivity index is 1.78. The summed E-state index contributed by atoms with van der Waals surface area (Å²) in [6.07, 6.45) is 1.18. The van der Waals surface area contributed by atoms with Crippen molar-refractivity contribution < 1.29 is 9.53 Å². The molecule has 0 spiro atoms. The van der Waals surface area contributed by atoms with Crippen LogP contribution < -0.4 is 0 Å². The van der Waals surface area contributed by atoms with Crippen molar-refractivity contribution in [3.8, 4) is 0 Å². The van der Waals surface area contributed by atoms with Gasteiger partial charge in [0.05, 0.1) is 11.3 Å². The maximum absolute atomic E-state index is 12.8. The molecule has 1 heterocycles. The van der Waals surface area contributed by atoms with Gasteiger partial charge in [0, 0.05) is 15.2 Å². The topological polar surface area (TPSA) is 39.2 Å². The van der Waals surface area contributed by atoms with E-state index in [1.807, 2.05) is 72.8 Å². The molecule has 132 valence electrons. The molecule has 0 saturated heterocycles. The standard InChI is InChI=1S/C23H16INO2/c24-19-12-10-18(11-13-19)23(26)27-22(17-7-2-1-3-8-17)21-20-9-5-4-6-16(20)14-15-25-21/h1-15,22H/t22-/m1/s1. The second-order valence-electron chi connectivity index (χ2n) is 6.12. The van der Waals surface area contributed by atoms with Crippen molar-refractivity contribution >= 4 is 39.3 Å². The smallest absolute Gasteiger partial charge is 0.339 e. The highest BCUT2D eigenvalue weighted by molar-refractivity contribution is 14.1. The Labute approximate surface area is 171 Å². The van der Waals surface area contributed by atoms with Crippen molar-refractivity contribution in [1.29, 1.82) is 0 Å². The molecular weight excluding hydrogens is 449 g/mol. The van der Waals surface area contributed by atoms with Crippen LogP contribution in [0.4, 0.5) is 0 Å². The molecule has 27 heavy (non-hydrogen) atoms. The zero-order valence-corrected chi connectivity index (χ0v) is 16.5. The number of carbonyl (C=O) groups excluding carboxylic acids is 1. The van der Waals surface area contributed by atoms with E-state index in [0.717, 1.165) is 25.6 Å². The number of hydrogen-bond acceptors (Lipinski definition) is 3. The molecule has 3 nitrogen and oxygen atoms in total. The zero-order valence-electron chi connectivity index (χ0n) is 14.4. The van der Waals surface area contributed by atoms with Gasteiger partial charge in [-0.25, -0.2) is 4.79 Å². The molecule has 4 rings (SSSR count). The SMILES string of the molecule is O=C(O[C@H](c1ccccc1)c1nccc2ccccc12)c1ccc(I)cc1. The molecule has 0 amide bonds. The average molecular weight is 465 g/mol. The third kappa shape index (κ3) is 3.85. The van der Waals surface area contributed by atoms with Crippen molar-refractivity contribution in [3.63, 3.8) is 0 Å². The van der Waals surface area contributed by atoms with Gasteiger partial charge in [0.25, 0.3) is 0 Å². The minimum atomic E-state index is -0.580. The summed E-state index contributed by atoms with van der Waals surface area (Å²) in [7, 11) is 0. The summed E-state index contributed by atoms with van der Waals surface area (Å²) in [4.78, 5) is 17.4. The number of carbonyl (C=O) groups is 1. The molecule has 0 saturated carbocycles. The van der Waals surface area contributed by atoms with Gasteiger partial charge in [0.15, 0.2) is 6.10 Å². The number of esters is 1. The Hall–Kier alpha value is -2.73. The van der Waals surface area contributed by atoms with Crippen molar-refractivity contribution in [2.45, 2.75) is 6.10 Å². The quantitative estimate of drug-likeness (QED) is 0.283. The van der Waals surface area contributed by atoms with Crippen LogP contribution in [-0.2, 0) is 4.74 Å². The van der Waals surface area contributed by atoms with Crippen LogP contribution in [0.2, 0.25) is 0 Å². The number of rotatable bonds is 4. The van der Waals surface area contributed by atoms with Crippen LogP contribution in [0.15, 0.2) is 91.1 Å². The summed E-state index contributed by atoms with van der Waals surface area (Å²) in [5, 5.41) is 2.04. The number of halogens is 1. The Kier molecular flexibility index (Phi) is 5.16. The van der Waals surface area contributed by atoms with Gasteiger partial charge in [-0.3, -0.25) is 4.98 Å². The second kappa shape index (κ2) is 7.88. The number of benzene rings is 3. The molecule has 0 fully saturated rings. The fourth-order valence-electron chi connectivity index (χ4n) is 3.02. The van der Waals surface area contributed by atoms with Crippen molar-refractivity contribution in [2.75, 3.05) is 0 Å². The van der Waals surface area contributed by atoms with Crippen molar-refractivity contribution in [1.82, 2.24) is 4.98 Å². The van der Waals surface area contributed by atoms with Gasteiger partial charge in [-0.15, -0.1) is 0 Å². The van der Waals surface area contributed by atoms with Gasteiger partial charge < -0.3 is 4.74 Å². The Morgan fingerprint density at radius 3 is 2.33 bits per heavy atom. The van der Waals surface area contributed by atoms with Crippen LogP contribution in [0.3, 0.4) is 0 Å². The first-order valence-electron chi connectivity index (χ1n) is 8.57. The molecule has 0 N–H and O–H groups in total. The normalized spacial score (nSPS) is 11.9. The fourth-order valence-corrected chi connectivity index (χ4v) is 3.38. The minimum Gasteiger partial charge on any atom is -0.447 e. The summed E-state index contributed by atoms with van der Waals surface area (Å²) >= 11 is 2.21. The zero-order chi connectivity index (χ0) is 18.6. The van der Waals surface area contributed by atoms with E-state index in [-0.39, 0.29) is 5.97 Å². The lowest BCUT2D eigenvalue weighted by Crippen LogP contribution is -2.14. The summed E-state index contributed by atoms with van der Waals surface area (Å²) < 4.78 is 7.02. The highest BCUT2D eigenvalue weighted by atomic mass is 127. The minimum absolute atomic E-state index is 0.366. The van der Waals surface area contributed by atoms with Gasteiger partial charge in [0.2, 0.25) is 0 Å². The average Bonchev–Trinajstić information content (AvgIpc) is 2.73. The maximum Gasteiger partial charge on any atom is 0.339 e. The molecule has 0 unspecified atom stereocenters. The van der Waals surface area contributed by atoms with Gasteiger partial charge in [-0.05, 0) is 63.9 Å². The number of ether oxygens (including phenoxy) is 1. The summed E-state index contributed by atoms with van der Waals surface area (Å²) in [6.45, 7) is 0. The lowest BCUT2D eigenvalue weighted by molar-refractivity contribution is 0.0373. The van der Waals surface area contributed by atoms with E-state index >= 15 is 0 Å². The van der Waals surface area contributed by atoms with E-state index in [0.29, 0.717) is 5.56 Å². The van der Waals surface area contributed by atoms with E-state index in [4.69, 9.17) is 4.74 Å². The van der Waals surface area contributed by atoms with Crippen LogP contribution in [0.25, 0.3) is 10.8 Å². The summed E-state index contributed by atoms with van der Waals surface area (Å²) in [5.41, 5.74) is 2.15. The Morgan fingerprint density at radius 2 is 1.56 bits per heavy atom. The monoisotopic (exact) mass is 465 g/mol. The van der Waals surface area contributed by atoms with Crippen LogP contribution in [0.5, 0.6) is 0 Å². The number of fused-ring (bicyclic) bond motifs is 1. The van der Waals surface area contributed by atoms with Crippen molar-refractivity contribution in [2.24, 2.45) is 0 Å². The molecule has 0 aliphatic carbocycles. The lowest BCUT2D eigenvalue weighted by Gasteiger charge is -2.19. The highest BCUT2D eigenvalue weighted by Gasteiger charge is 2.23. The van der Waals surface area contributed by atoms with E-state index in [1.54, 1.807) is 18.3 Å². The van der Waals surface area contributed by atoms with E-state index in [9.17, 15) is 4.79 Å². The molecule has 1 aromatic heterocycles. The highest BCUT2D eigenvalue weighted by Crippen LogP contribution is 2.31. The number of pyridine rings is 1.